The Morgan fingerprint density at radius 3 is 0.822 bits per heavy atom. The van der Waals surface area contributed by atoms with E-state index in [9.17, 15) is 0 Å². The van der Waals surface area contributed by atoms with Gasteiger partial charge in [-0.25, -0.2) is 0 Å². The minimum absolute atomic E-state index is 0.168. The number of para-hydroxylation sites is 1. The van der Waals surface area contributed by atoms with Crippen LogP contribution in [0.3, 0.4) is 0 Å². The first-order valence-electron chi connectivity index (χ1n) is 12.5. The molecule has 1 aromatic carbocycles. The van der Waals surface area contributed by atoms with Crippen molar-refractivity contribution in [1.82, 2.24) is 29.9 Å². The van der Waals surface area contributed by atoms with Crippen LogP contribution in [0.25, 0.3) is 0 Å². The summed E-state index contributed by atoms with van der Waals surface area (Å²) in [5.74, 6) is 1.43. The molecule has 7 N–H and O–H groups in total. The van der Waals surface area contributed by atoms with Crippen LogP contribution in [0.5, 0.6) is 5.75 Å². The molecule has 0 aliphatic heterocycles. The molecule has 2 heterocycles. The monoisotopic (exact) mass is 748 g/mol. The SMILES string of the molecule is CC.OCN(CO)c1nc(N(CO)CO)nc(N(CO)CO)n1.Oc1ccccc1.PN(P)c1nc(N(P)P)nc(N(P)P)n1. The van der Waals surface area contributed by atoms with Crippen LogP contribution < -0.4 is 28.0 Å². The predicted octanol–water partition coefficient (Wildman–Crippen LogP) is -0.561. The van der Waals surface area contributed by atoms with Gasteiger partial charge in [0, 0.05) is 0 Å². The summed E-state index contributed by atoms with van der Waals surface area (Å²) < 4.78 is 4.98. The number of aromatic nitrogens is 6. The van der Waals surface area contributed by atoms with E-state index < -0.39 is 40.4 Å². The maximum Gasteiger partial charge on any atom is 0.237 e. The maximum absolute atomic E-state index is 9.11. The maximum atomic E-state index is 9.11. The van der Waals surface area contributed by atoms with E-state index in [2.05, 4.69) is 86.2 Å². The van der Waals surface area contributed by atoms with Crippen molar-refractivity contribution in [3.63, 3.8) is 0 Å². The molecule has 0 radical (unpaired) electrons. The molecular formula is C20H42N12O7P6. The quantitative estimate of drug-likeness (QED) is 0.0908. The van der Waals surface area contributed by atoms with E-state index in [0.717, 1.165) is 14.7 Å². The highest BCUT2D eigenvalue weighted by molar-refractivity contribution is 7.40. The lowest BCUT2D eigenvalue weighted by molar-refractivity contribution is 0.214. The summed E-state index contributed by atoms with van der Waals surface area (Å²) >= 11 is 0. The molecule has 0 aliphatic carbocycles. The van der Waals surface area contributed by atoms with Crippen molar-refractivity contribution >= 4 is 92.0 Å². The van der Waals surface area contributed by atoms with E-state index in [1.54, 1.807) is 37.6 Å². The van der Waals surface area contributed by atoms with Crippen molar-refractivity contribution in [3.8, 4) is 5.75 Å². The van der Waals surface area contributed by atoms with Crippen molar-refractivity contribution in [2.24, 2.45) is 0 Å². The molecule has 0 aliphatic rings. The van der Waals surface area contributed by atoms with Crippen molar-refractivity contribution in [3.05, 3.63) is 30.3 Å². The topological polar surface area (TPSA) is 238 Å². The van der Waals surface area contributed by atoms with Crippen LogP contribution >= 0.6 is 56.3 Å². The van der Waals surface area contributed by atoms with Gasteiger partial charge in [0.05, 0.1) is 0 Å². The predicted molar refractivity (Wildman–Crippen MR) is 195 cm³/mol. The molecule has 254 valence electrons. The van der Waals surface area contributed by atoms with Gasteiger partial charge in [-0.15, -0.1) is 0 Å². The summed E-state index contributed by atoms with van der Waals surface area (Å²) in [5.41, 5.74) is 0. The summed E-state index contributed by atoms with van der Waals surface area (Å²) in [7, 11) is 14.8. The van der Waals surface area contributed by atoms with Crippen LogP contribution in [-0.2, 0) is 0 Å². The van der Waals surface area contributed by atoms with Gasteiger partial charge >= 0.3 is 0 Å². The molecule has 0 saturated heterocycles. The Balaban J connectivity index is 0.000000696. The fourth-order valence-corrected chi connectivity index (χ4v) is 3.09. The summed E-state index contributed by atoms with van der Waals surface area (Å²) in [6, 6.07) is 8.71. The summed E-state index contributed by atoms with van der Waals surface area (Å²) in [6.45, 7) is 0.392. The fraction of sp³-hybridized carbons (Fsp3) is 0.400. The van der Waals surface area contributed by atoms with E-state index in [1.165, 1.54) is 0 Å². The molecule has 0 bridgehead atoms. The van der Waals surface area contributed by atoms with Gasteiger partial charge in [-0.1, -0.05) is 32.0 Å². The largest absolute Gasteiger partial charge is 0.508 e. The van der Waals surface area contributed by atoms with Crippen LogP contribution in [0.15, 0.2) is 30.3 Å². The molecule has 25 heteroatoms. The highest BCUT2D eigenvalue weighted by Crippen LogP contribution is 2.28. The Kier molecular flexibility index (Phi) is 23.4. The van der Waals surface area contributed by atoms with E-state index in [-0.39, 0.29) is 17.8 Å². The molecule has 2 aromatic heterocycles. The van der Waals surface area contributed by atoms with Crippen molar-refractivity contribution in [2.45, 2.75) is 13.8 Å². The normalized spacial score (nSPS) is 9.73. The zero-order valence-electron chi connectivity index (χ0n) is 24.6. The first-order valence-corrected chi connectivity index (χ1v) is 15.6. The number of phenols is 1. The zero-order valence-corrected chi connectivity index (χ0v) is 31.5. The summed E-state index contributed by atoms with van der Waals surface area (Å²) in [5, 5.41) is 63.3. The molecule has 0 amide bonds. The Morgan fingerprint density at radius 1 is 0.444 bits per heavy atom. The first kappa shape index (κ1) is 43.2. The average Bonchev–Trinajstić information content (AvgIpc) is 3.04. The van der Waals surface area contributed by atoms with E-state index in [4.69, 9.17) is 35.7 Å². The van der Waals surface area contributed by atoms with Gasteiger partial charge in [-0.05, 0) is 68.5 Å². The second-order valence-corrected chi connectivity index (χ2v) is 12.6. The molecule has 3 rings (SSSR count). The van der Waals surface area contributed by atoms with Crippen LogP contribution in [0, 0.1) is 0 Å². The number of hydrogen-bond donors (Lipinski definition) is 7. The number of aliphatic hydroxyl groups is 6. The minimum Gasteiger partial charge on any atom is -0.508 e. The fourth-order valence-electron chi connectivity index (χ4n) is 2.40. The Labute approximate surface area is 275 Å². The number of hydrogen-bond acceptors (Lipinski definition) is 19. The van der Waals surface area contributed by atoms with Gasteiger partial charge in [0.15, 0.2) is 0 Å². The van der Waals surface area contributed by atoms with Crippen LogP contribution in [0.1, 0.15) is 13.8 Å². The number of aromatic hydroxyl groups is 1. The standard InChI is InChI=1S/C9H18N6O6.C6H6O.C3H12N6P6.C2H6/c16-1-13(2-17)7-10-8(14(3-18)4-19)12-9(11-7)15(5-20)6-21;7-6-4-2-1-3-5-6;10-7(11)1-4-2(8(12)13)6-3(5-1)9(14)15;1-2/h16-21H,1-6H2;1-5,7H;10-15H2;1-2H3. The molecular weight excluding hydrogens is 706 g/mol. The second kappa shape index (κ2) is 24.4. The van der Waals surface area contributed by atoms with E-state index >= 15 is 0 Å². The highest BCUT2D eigenvalue weighted by atomic mass is 31.1. The summed E-state index contributed by atoms with van der Waals surface area (Å²) in [6.07, 6.45) is 0. The van der Waals surface area contributed by atoms with Gasteiger partial charge < -0.3 is 49.1 Å². The number of anilines is 6. The molecule has 0 fully saturated rings. The molecule has 6 atom stereocenters. The first-order chi connectivity index (χ1) is 21.4. The smallest absolute Gasteiger partial charge is 0.237 e. The van der Waals surface area contributed by atoms with Crippen LogP contribution in [-0.4, -0.2) is 106 Å². The molecule has 19 nitrogen and oxygen atoms in total. The van der Waals surface area contributed by atoms with Gasteiger partial charge in [-0.3, -0.25) is 14.7 Å². The third-order valence-electron chi connectivity index (χ3n) is 4.52. The lowest BCUT2D eigenvalue weighted by atomic mass is 10.3. The number of rotatable bonds is 12. The summed E-state index contributed by atoms with van der Waals surface area (Å²) in [4.78, 5) is 27.1. The Morgan fingerprint density at radius 2 is 0.667 bits per heavy atom. The van der Waals surface area contributed by atoms with Crippen molar-refractivity contribution < 1.29 is 35.7 Å². The lowest BCUT2D eigenvalue weighted by Gasteiger charge is -2.24. The molecule has 0 saturated carbocycles. The van der Waals surface area contributed by atoms with Gasteiger partial charge in [0.2, 0.25) is 35.7 Å². The highest BCUT2D eigenvalue weighted by Gasteiger charge is 2.19. The molecule has 6 unspecified atom stereocenters. The number of benzene rings is 1. The third kappa shape index (κ3) is 15.5. The Bertz CT molecular complexity index is 1070. The van der Waals surface area contributed by atoms with Gasteiger partial charge in [0.1, 0.15) is 46.1 Å². The number of nitrogens with zero attached hydrogens (tertiary/aromatic N) is 12. The molecule has 45 heavy (non-hydrogen) atoms. The van der Waals surface area contributed by atoms with Gasteiger partial charge in [0.25, 0.3) is 0 Å². The lowest BCUT2D eigenvalue weighted by Crippen LogP contribution is -2.34. The second-order valence-electron chi connectivity index (χ2n) is 7.50. The van der Waals surface area contributed by atoms with Gasteiger partial charge in [-0.2, -0.15) is 29.9 Å². The average molecular weight is 748 g/mol. The van der Waals surface area contributed by atoms with Crippen LogP contribution in [0.4, 0.5) is 35.7 Å². The van der Waals surface area contributed by atoms with Crippen molar-refractivity contribution in [1.29, 1.82) is 0 Å². The van der Waals surface area contributed by atoms with E-state index in [0.29, 0.717) is 23.6 Å². The van der Waals surface area contributed by atoms with Crippen LogP contribution in [0.2, 0.25) is 0 Å². The number of phenolic OH excluding ortho intramolecular Hbond substituents is 1. The zero-order chi connectivity index (χ0) is 34.5. The third-order valence-corrected chi connectivity index (χ3v) is 5.91. The van der Waals surface area contributed by atoms with Crippen molar-refractivity contribution in [2.75, 3.05) is 68.4 Å². The van der Waals surface area contributed by atoms with E-state index in [1.807, 2.05) is 19.9 Å². The minimum atomic E-state index is -0.601. The number of aliphatic hydroxyl groups excluding tert-OH is 6. The Hall–Kier alpha value is -1.82. The molecule has 3 aromatic rings. The molecule has 0 spiro atoms.